The number of fused-ring (bicyclic) bond motifs is 1. The van der Waals surface area contributed by atoms with Crippen LogP contribution in [0.1, 0.15) is 46.1 Å². The van der Waals surface area contributed by atoms with Crippen molar-refractivity contribution in [2.75, 3.05) is 5.75 Å². The van der Waals surface area contributed by atoms with Crippen molar-refractivity contribution in [2.45, 2.75) is 51.7 Å². The first kappa shape index (κ1) is 22.1. The van der Waals surface area contributed by atoms with E-state index in [1.54, 1.807) is 10.6 Å². The summed E-state index contributed by atoms with van der Waals surface area (Å²) in [6.45, 7) is 10.3. The second-order valence-corrected chi connectivity index (χ2v) is 9.10. The Morgan fingerprint density at radius 1 is 1.03 bits per heavy atom. The fourth-order valence-electron chi connectivity index (χ4n) is 3.19. The summed E-state index contributed by atoms with van der Waals surface area (Å²) >= 11 is 1.29. The molecule has 5 nitrogen and oxygen atoms in total. The van der Waals surface area contributed by atoms with Crippen LogP contribution in [0.5, 0.6) is 0 Å². The van der Waals surface area contributed by atoms with Crippen LogP contribution >= 0.6 is 11.8 Å². The lowest BCUT2D eigenvalue weighted by molar-refractivity contribution is -0.119. The summed E-state index contributed by atoms with van der Waals surface area (Å²) in [4.78, 5) is 30.6. The summed E-state index contributed by atoms with van der Waals surface area (Å²) in [5, 5.41) is 4.11. The molecule has 158 valence electrons. The Morgan fingerprint density at radius 3 is 2.40 bits per heavy atom. The van der Waals surface area contributed by atoms with E-state index in [0.29, 0.717) is 22.0 Å². The molecule has 0 saturated heterocycles. The number of hydrogen-bond donors (Lipinski definition) is 1. The predicted octanol–water partition coefficient (Wildman–Crippen LogP) is 4.76. The summed E-state index contributed by atoms with van der Waals surface area (Å²) in [6, 6.07) is 15.3. The van der Waals surface area contributed by atoms with Crippen LogP contribution in [-0.4, -0.2) is 27.3 Å². The molecular formula is C24H29N3O2S. The number of nitrogens with zero attached hydrogens (tertiary/aromatic N) is 2. The highest BCUT2D eigenvalue weighted by atomic mass is 32.2. The fourth-order valence-corrected chi connectivity index (χ4v) is 4.01. The standard InChI is InChI=1S/C24H29N3O2S/c1-15(2)17(5)25-22(28)14-30-24-26-20-12-8-6-11-19(20)23(29)27(24)21-13-9-7-10-18(21)16(3)4/h6-13,15-17H,14H2,1-5H3,(H,25,28). The zero-order valence-corrected chi connectivity index (χ0v) is 19.0. The van der Waals surface area contributed by atoms with Crippen LogP contribution in [0.25, 0.3) is 16.6 Å². The van der Waals surface area contributed by atoms with E-state index in [-0.39, 0.29) is 29.2 Å². The molecule has 0 aliphatic heterocycles. The van der Waals surface area contributed by atoms with Gasteiger partial charge in [-0.1, -0.05) is 69.8 Å². The lowest BCUT2D eigenvalue weighted by Gasteiger charge is -2.19. The smallest absolute Gasteiger partial charge is 0.266 e. The van der Waals surface area contributed by atoms with Crippen LogP contribution < -0.4 is 10.9 Å². The van der Waals surface area contributed by atoms with E-state index in [1.165, 1.54) is 11.8 Å². The number of hydrogen-bond acceptors (Lipinski definition) is 4. The van der Waals surface area contributed by atoms with Gasteiger partial charge in [0.05, 0.1) is 22.3 Å². The minimum Gasteiger partial charge on any atom is -0.353 e. The molecule has 1 aromatic heterocycles. The van der Waals surface area contributed by atoms with Gasteiger partial charge < -0.3 is 5.32 Å². The van der Waals surface area contributed by atoms with E-state index >= 15 is 0 Å². The highest BCUT2D eigenvalue weighted by molar-refractivity contribution is 7.99. The molecule has 1 heterocycles. The molecule has 0 bridgehead atoms. The first-order valence-electron chi connectivity index (χ1n) is 10.3. The van der Waals surface area contributed by atoms with Crippen LogP contribution in [0.15, 0.2) is 58.5 Å². The third-order valence-electron chi connectivity index (χ3n) is 5.27. The van der Waals surface area contributed by atoms with Crippen LogP contribution in [0.2, 0.25) is 0 Å². The Morgan fingerprint density at radius 2 is 1.70 bits per heavy atom. The molecule has 0 aliphatic rings. The molecule has 3 aromatic rings. The van der Waals surface area contributed by atoms with Gasteiger partial charge in [0.25, 0.3) is 5.56 Å². The van der Waals surface area contributed by atoms with Gasteiger partial charge in [0.1, 0.15) is 0 Å². The van der Waals surface area contributed by atoms with Gasteiger partial charge in [-0.25, -0.2) is 4.98 Å². The Labute approximate surface area is 181 Å². The maximum atomic E-state index is 13.4. The van der Waals surface area contributed by atoms with Gasteiger partial charge in [0, 0.05) is 6.04 Å². The van der Waals surface area contributed by atoms with Gasteiger partial charge in [-0.05, 0) is 42.5 Å². The summed E-state index contributed by atoms with van der Waals surface area (Å²) in [6.07, 6.45) is 0. The van der Waals surface area contributed by atoms with Gasteiger partial charge >= 0.3 is 0 Å². The predicted molar refractivity (Wildman–Crippen MR) is 125 cm³/mol. The molecule has 0 aliphatic carbocycles. The van der Waals surface area contributed by atoms with Crippen molar-refractivity contribution in [3.8, 4) is 5.69 Å². The van der Waals surface area contributed by atoms with Crippen molar-refractivity contribution in [3.63, 3.8) is 0 Å². The van der Waals surface area contributed by atoms with E-state index < -0.39 is 0 Å². The second-order valence-electron chi connectivity index (χ2n) is 8.15. The Bertz CT molecular complexity index is 1110. The third kappa shape index (κ3) is 4.75. The monoisotopic (exact) mass is 423 g/mol. The number of benzene rings is 2. The highest BCUT2D eigenvalue weighted by Crippen LogP contribution is 2.27. The Balaban J connectivity index is 2.07. The van der Waals surface area contributed by atoms with E-state index in [4.69, 9.17) is 4.98 Å². The van der Waals surface area contributed by atoms with E-state index in [2.05, 4.69) is 33.0 Å². The molecule has 0 saturated carbocycles. The van der Waals surface area contributed by atoms with Gasteiger partial charge in [-0.15, -0.1) is 0 Å². The number of carbonyl (C=O) groups is 1. The molecule has 3 rings (SSSR count). The molecule has 1 N–H and O–H groups in total. The quantitative estimate of drug-likeness (QED) is 0.439. The fraction of sp³-hybridized carbons (Fsp3) is 0.375. The van der Waals surface area contributed by atoms with Crippen molar-refractivity contribution in [1.82, 2.24) is 14.9 Å². The number of carbonyl (C=O) groups excluding carboxylic acids is 1. The average Bonchev–Trinajstić information content (AvgIpc) is 2.72. The maximum absolute atomic E-state index is 13.4. The Hall–Kier alpha value is -2.60. The number of para-hydroxylation sites is 2. The van der Waals surface area contributed by atoms with Crippen molar-refractivity contribution in [2.24, 2.45) is 5.92 Å². The molecule has 1 unspecified atom stereocenters. The summed E-state index contributed by atoms with van der Waals surface area (Å²) < 4.78 is 1.65. The lowest BCUT2D eigenvalue weighted by Crippen LogP contribution is -2.37. The van der Waals surface area contributed by atoms with Gasteiger partial charge in [0.2, 0.25) is 5.91 Å². The summed E-state index contributed by atoms with van der Waals surface area (Å²) in [5.41, 5.74) is 2.40. The first-order chi connectivity index (χ1) is 14.3. The lowest BCUT2D eigenvalue weighted by atomic mass is 10.0. The third-order valence-corrected chi connectivity index (χ3v) is 6.20. The second kappa shape index (κ2) is 9.47. The average molecular weight is 424 g/mol. The van der Waals surface area contributed by atoms with Crippen LogP contribution in [0.4, 0.5) is 0 Å². The molecule has 1 amide bonds. The number of aromatic nitrogens is 2. The molecule has 30 heavy (non-hydrogen) atoms. The minimum absolute atomic E-state index is 0.0627. The van der Waals surface area contributed by atoms with Gasteiger partial charge in [-0.2, -0.15) is 0 Å². The van der Waals surface area contributed by atoms with Crippen LogP contribution in [0, 0.1) is 5.92 Å². The van der Waals surface area contributed by atoms with Crippen LogP contribution in [0.3, 0.4) is 0 Å². The molecular weight excluding hydrogens is 394 g/mol. The van der Waals surface area contributed by atoms with Crippen molar-refractivity contribution >= 4 is 28.6 Å². The molecule has 1 atom stereocenters. The van der Waals surface area contributed by atoms with E-state index in [9.17, 15) is 9.59 Å². The highest BCUT2D eigenvalue weighted by Gasteiger charge is 2.18. The largest absolute Gasteiger partial charge is 0.353 e. The summed E-state index contributed by atoms with van der Waals surface area (Å²) in [5.74, 6) is 0.736. The normalized spacial score (nSPS) is 12.5. The van der Waals surface area contributed by atoms with Crippen molar-refractivity contribution in [3.05, 3.63) is 64.4 Å². The maximum Gasteiger partial charge on any atom is 0.266 e. The van der Waals surface area contributed by atoms with E-state index in [0.717, 1.165) is 11.3 Å². The minimum atomic E-state index is -0.118. The molecule has 2 aromatic carbocycles. The molecule has 6 heteroatoms. The Kier molecular flexibility index (Phi) is 6.98. The number of nitrogens with one attached hydrogen (secondary N) is 1. The van der Waals surface area contributed by atoms with Crippen molar-refractivity contribution in [1.29, 1.82) is 0 Å². The number of rotatable bonds is 7. The number of thioether (sulfide) groups is 1. The molecule has 0 radical (unpaired) electrons. The molecule has 0 spiro atoms. The summed E-state index contributed by atoms with van der Waals surface area (Å²) in [7, 11) is 0. The van der Waals surface area contributed by atoms with Crippen molar-refractivity contribution < 1.29 is 4.79 Å². The van der Waals surface area contributed by atoms with Crippen LogP contribution in [-0.2, 0) is 4.79 Å². The SMILES string of the molecule is CC(C)c1ccccc1-n1c(SCC(=O)NC(C)C(C)C)nc2ccccc2c1=O. The van der Waals surface area contributed by atoms with Gasteiger partial charge in [0.15, 0.2) is 5.16 Å². The van der Waals surface area contributed by atoms with Gasteiger partial charge in [-0.3, -0.25) is 14.2 Å². The van der Waals surface area contributed by atoms with E-state index in [1.807, 2.05) is 49.4 Å². The first-order valence-corrected chi connectivity index (χ1v) is 11.3. The molecule has 0 fully saturated rings. The zero-order chi connectivity index (χ0) is 21.8. The zero-order valence-electron chi connectivity index (χ0n) is 18.2. The number of amides is 1. The topological polar surface area (TPSA) is 64.0 Å².